The van der Waals surface area contributed by atoms with Crippen LogP contribution in [0.2, 0.25) is 0 Å². The molecule has 0 unspecified atom stereocenters. The highest BCUT2D eigenvalue weighted by molar-refractivity contribution is 5.71. The van der Waals surface area contributed by atoms with E-state index in [4.69, 9.17) is 9.84 Å². The van der Waals surface area contributed by atoms with Gasteiger partial charge in [-0.3, -0.25) is 14.3 Å². The number of hydrogen-bond donors (Lipinski definition) is 2. The fourth-order valence-corrected chi connectivity index (χ4v) is 1.50. The van der Waals surface area contributed by atoms with E-state index in [0.717, 1.165) is 0 Å². The van der Waals surface area contributed by atoms with Gasteiger partial charge in [-0.25, -0.2) is 9.98 Å². The predicted molar refractivity (Wildman–Crippen MR) is 73.0 cm³/mol. The molecule has 0 aliphatic rings. The Morgan fingerprint density at radius 3 is 3.10 bits per heavy atom. The van der Waals surface area contributed by atoms with Gasteiger partial charge in [0.05, 0.1) is 25.9 Å². The maximum Gasteiger partial charge on any atom is 0.280 e. The zero-order valence-electron chi connectivity index (χ0n) is 11.3. The minimum atomic E-state index is -0.359. The number of fused-ring (bicyclic) bond motifs is 1. The first-order valence-corrected chi connectivity index (χ1v) is 5.96. The average Bonchev–Trinajstić information content (AvgIpc) is 2.81. The Bertz CT molecular complexity index is 660. The van der Waals surface area contributed by atoms with E-state index in [9.17, 15) is 4.79 Å². The van der Waals surface area contributed by atoms with Gasteiger partial charge in [0.25, 0.3) is 5.56 Å². The second-order valence-corrected chi connectivity index (χ2v) is 4.25. The first-order chi connectivity index (χ1) is 9.61. The Labute approximate surface area is 114 Å². The summed E-state index contributed by atoms with van der Waals surface area (Å²) >= 11 is 0. The standard InChI is InChI=1S/C11H16N6O3/c1-16(2)5-13-11-14-9-8(10(19)15-11)12-6-17(9)7-20-4-3-18/h5-6,18H,3-4,7H2,1-2H3,(H,14,15,19)/b13-5-. The third-order valence-electron chi connectivity index (χ3n) is 2.34. The number of aliphatic imine (C=N–C) groups is 1. The second-order valence-electron chi connectivity index (χ2n) is 4.25. The lowest BCUT2D eigenvalue weighted by Crippen LogP contribution is -2.11. The number of aliphatic hydroxyl groups is 1. The van der Waals surface area contributed by atoms with Crippen LogP contribution in [-0.2, 0) is 11.5 Å². The normalized spacial score (nSPS) is 11.6. The molecule has 2 aromatic rings. The van der Waals surface area contributed by atoms with Gasteiger partial charge < -0.3 is 14.7 Å². The van der Waals surface area contributed by atoms with Crippen LogP contribution in [0.1, 0.15) is 0 Å². The Morgan fingerprint density at radius 1 is 1.60 bits per heavy atom. The Kier molecular flexibility index (Phi) is 4.43. The Balaban J connectivity index is 2.34. The molecule has 0 aliphatic heterocycles. The highest BCUT2D eigenvalue weighted by atomic mass is 16.5. The predicted octanol–water partition coefficient (Wildman–Crippen LogP) is -0.693. The van der Waals surface area contributed by atoms with E-state index in [1.165, 1.54) is 12.7 Å². The van der Waals surface area contributed by atoms with Crippen LogP contribution in [0.15, 0.2) is 16.1 Å². The quantitative estimate of drug-likeness (QED) is 0.412. The van der Waals surface area contributed by atoms with Gasteiger partial charge in [0, 0.05) is 14.1 Å². The number of imidazole rings is 1. The molecule has 0 atom stereocenters. The van der Waals surface area contributed by atoms with Crippen molar-refractivity contribution in [2.24, 2.45) is 4.99 Å². The lowest BCUT2D eigenvalue weighted by Gasteiger charge is -2.04. The molecule has 0 aliphatic carbocycles. The van der Waals surface area contributed by atoms with Gasteiger partial charge in [-0.05, 0) is 0 Å². The molecule has 108 valence electrons. The molecule has 0 saturated heterocycles. The highest BCUT2D eigenvalue weighted by Gasteiger charge is 2.09. The van der Waals surface area contributed by atoms with Gasteiger partial charge in [-0.15, -0.1) is 0 Å². The van der Waals surface area contributed by atoms with E-state index in [0.29, 0.717) is 5.65 Å². The monoisotopic (exact) mass is 280 g/mol. The first-order valence-electron chi connectivity index (χ1n) is 5.96. The average molecular weight is 280 g/mol. The third kappa shape index (κ3) is 3.19. The number of hydrogen-bond acceptors (Lipinski definition) is 6. The molecule has 0 amide bonds. The van der Waals surface area contributed by atoms with Crippen molar-refractivity contribution >= 4 is 23.5 Å². The molecule has 0 saturated carbocycles. The van der Waals surface area contributed by atoms with Gasteiger partial charge in [0.1, 0.15) is 6.73 Å². The molecule has 9 nitrogen and oxygen atoms in total. The maximum atomic E-state index is 11.8. The van der Waals surface area contributed by atoms with Crippen molar-refractivity contribution in [3.05, 3.63) is 16.7 Å². The van der Waals surface area contributed by atoms with Crippen LogP contribution in [-0.4, -0.2) is 63.2 Å². The van der Waals surface area contributed by atoms with Crippen molar-refractivity contribution in [2.45, 2.75) is 6.73 Å². The first kappa shape index (κ1) is 14.2. The summed E-state index contributed by atoms with van der Waals surface area (Å²) in [6, 6.07) is 0. The molecule has 9 heteroatoms. The van der Waals surface area contributed by atoms with E-state index < -0.39 is 0 Å². The number of nitrogens with zero attached hydrogens (tertiary/aromatic N) is 5. The Hall–Kier alpha value is -2.26. The molecule has 0 bridgehead atoms. The van der Waals surface area contributed by atoms with Gasteiger partial charge >= 0.3 is 0 Å². The van der Waals surface area contributed by atoms with Gasteiger partial charge in [-0.2, -0.15) is 4.98 Å². The van der Waals surface area contributed by atoms with E-state index in [-0.39, 0.29) is 37.0 Å². The maximum absolute atomic E-state index is 11.8. The van der Waals surface area contributed by atoms with Crippen LogP contribution in [0.3, 0.4) is 0 Å². The summed E-state index contributed by atoms with van der Waals surface area (Å²) in [6.07, 6.45) is 3.00. The molecule has 0 spiro atoms. The van der Waals surface area contributed by atoms with Crippen LogP contribution in [0.25, 0.3) is 11.2 Å². The lowest BCUT2D eigenvalue weighted by molar-refractivity contribution is 0.0499. The summed E-state index contributed by atoms with van der Waals surface area (Å²) < 4.78 is 6.77. The molecule has 0 fully saturated rings. The van der Waals surface area contributed by atoms with E-state index in [2.05, 4.69) is 19.9 Å². The molecule has 2 heterocycles. The minimum Gasteiger partial charge on any atom is -0.394 e. The minimum absolute atomic E-state index is 0.0704. The largest absolute Gasteiger partial charge is 0.394 e. The summed E-state index contributed by atoms with van der Waals surface area (Å²) in [5.41, 5.74) is 0.251. The van der Waals surface area contributed by atoms with Crippen molar-refractivity contribution in [2.75, 3.05) is 27.3 Å². The summed E-state index contributed by atoms with van der Waals surface area (Å²) in [7, 11) is 3.63. The van der Waals surface area contributed by atoms with Crippen LogP contribution in [0.5, 0.6) is 0 Å². The van der Waals surface area contributed by atoms with Gasteiger partial charge in [-0.1, -0.05) is 0 Å². The molecule has 2 aromatic heterocycles. The number of aliphatic hydroxyl groups excluding tert-OH is 1. The molecule has 0 aromatic carbocycles. The van der Waals surface area contributed by atoms with Crippen LogP contribution in [0, 0.1) is 0 Å². The second kappa shape index (κ2) is 6.26. The van der Waals surface area contributed by atoms with Crippen molar-refractivity contribution in [1.82, 2.24) is 24.4 Å². The van der Waals surface area contributed by atoms with E-state index in [1.54, 1.807) is 9.47 Å². The van der Waals surface area contributed by atoms with Crippen LogP contribution < -0.4 is 5.56 Å². The van der Waals surface area contributed by atoms with Gasteiger partial charge in [0.2, 0.25) is 5.95 Å². The van der Waals surface area contributed by atoms with E-state index >= 15 is 0 Å². The van der Waals surface area contributed by atoms with Crippen molar-refractivity contribution < 1.29 is 9.84 Å². The lowest BCUT2D eigenvalue weighted by atomic mass is 10.5. The molecule has 20 heavy (non-hydrogen) atoms. The topological polar surface area (TPSA) is 109 Å². The summed E-state index contributed by atoms with van der Waals surface area (Å²) in [5.74, 6) is 0.195. The third-order valence-corrected chi connectivity index (χ3v) is 2.34. The molecule has 2 N–H and O–H groups in total. The van der Waals surface area contributed by atoms with Gasteiger partial charge in [0.15, 0.2) is 11.2 Å². The molecular formula is C11H16N6O3. The van der Waals surface area contributed by atoms with Crippen molar-refractivity contribution in [3.8, 4) is 0 Å². The number of ether oxygens (including phenoxy) is 1. The fraction of sp³-hybridized carbons (Fsp3) is 0.455. The van der Waals surface area contributed by atoms with Crippen molar-refractivity contribution in [1.29, 1.82) is 0 Å². The number of aromatic amines is 1. The number of aromatic nitrogens is 4. The molecular weight excluding hydrogens is 264 g/mol. The number of rotatable bonds is 6. The van der Waals surface area contributed by atoms with Crippen LogP contribution >= 0.6 is 0 Å². The van der Waals surface area contributed by atoms with E-state index in [1.807, 2.05) is 14.1 Å². The summed E-state index contributed by atoms with van der Waals surface area (Å²) in [6.45, 7) is 0.290. The zero-order chi connectivity index (χ0) is 14.5. The summed E-state index contributed by atoms with van der Waals surface area (Å²) in [5, 5.41) is 8.67. The highest BCUT2D eigenvalue weighted by Crippen LogP contribution is 2.09. The molecule has 0 radical (unpaired) electrons. The molecule has 2 rings (SSSR count). The fourth-order valence-electron chi connectivity index (χ4n) is 1.50. The smallest absolute Gasteiger partial charge is 0.280 e. The zero-order valence-corrected chi connectivity index (χ0v) is 11.3. The SMILES string of the molecule is CN(C)/C=N\c1nc2c(ncn2COCCO)c(=O)[nH]1. The Morgan fingerprint density at radius 2 is 2.40 bits per heavy atom. The van der Waals surface area contributed by atoms with Crippen LogP contribution in [0.4, 0.5) is 5.95 Å². The number of H-pyrrole nitrogens is 1. The van der Waals surface area contributed by atoms with Crippen molar-refractivity contribution in [3.63, 3.8) is 0 Å². The summed E-state index contributed by atoms with van der Waals surface area (Å²) in [4.78, 5) is 28.4. The number of nitrogens with one attached hydrogen (secondary N) is 1.